The molecule has 2 heterocycles. The van der Waals surface area contributed by atoms with Gasteiger partial charge in [0.2, 0.25) is 5.91 Å². The highest BCUT2D eigenvalue weighted by Gasteiger charge is 2.09. The molecule has 0 aliphatic heterocycles. The maximum Gasteiger partial charge on any atom is 0.224 e. The molecule has 3 aromatic rings. The van der Waals surface area contributed by atoms with Crippen molar-refractivity contribution in [2.24, 2.45) is 0 Å². The van der Waals surface area contributed by atoms with E-state index in [0.717, 1.165) is 5.56 Å². The number of aryl methyl sites for hydroxylation is 1. The Morgan fingerprint density at radius 1 is 1.09 bits per heavy atom. The number of benzene rings is 1. The number of rotatable bonds is 5. The maximum atomic E-state index is 11.9. The van der Waals surface area contributed by atoms with E-state index in [4.69, 9.17) is 4.42 Å². The Bertz CT molecular complexity index is 739. The summed E-state index contributed by atoms with van der Waals surface area (Å²) in [6, 6.07) is 13.3. The van der Waals surface area contributed by atoms with Crippen molar-refractivity contribution in [1.29, 1.82) is 0 Å². The van der Waals surface area contributed by atoms with Gasteiger partial charge in [0.1, 0.15) is 0 Å². The number of carbonyl (C=O) groups is 1. The number of hydrogen-bond donors (Lipinski definition) is 1. The van der Waals surface area contributed by atoms with E-state index >= 15 is 0 Å². The zero-order chi connectivity index (χ0) is 15.2. The normalized spacial score (nSPS) is 10.4. The molecular formula is C17H15N3O2. The molecule has 0 saturated carbocycles. The third-order valence-electron chi connectivity index (χ3n) is 3.12. The fraction of sp³-hybridized carbons (Fsp3) is 0.118. The number of amides is 1. The minimum atomic E-state index is -0.0903. The highest BCUT2D eigenvalue weighted by molar-refractivity contribution is 5.90. The molecule has 0 aliphatic carbocycles. The Kier molecular flexibility index (Phi) is 4.25. The highest BCUT2D eigenvalue weighted by atomic mass is 16.4. The first-order valence-electron chi connectivity index (χ1n) is 7.01. The maximum absolute atomic E-state index is 11.9. The minimum Gasteiger partial charge on any atom is -0.441 e. The van der Waals surface area contributed by atoms with E-state index in [9.17, 15) is 4.79 Å². The van der Waals surface area contributed by atoms with E-state index in [0.29, 0.717) is 30.2 Å². The average molecular weight is 293 g/mol. The third-order valence-corrected chi connectivity index (χ3v) is 3.12. The quantitative estimate of drug-likeness (QED) is 0.783. The van der Waals surface area contributed by atoms with Gasteiger partial charge in [0.15, 0.2) is 11.7 Å². The summed E-state index contributed by atoms with van der Waals surface area (Å²) in [6.07, 6.45) is 5.72. The number of aromatic nitrogens is 2. The van der Waals surface area contributed by atoms with E-state index < -0.39 is 0 Å². The fourth-order valence-electron chi connectivity index (χ4n) is 2.04. The minimum absolute atomic E-state index is 0.0903. The van der Waals surface area contributed by atoms with E-state index in [-0.39, 0.29) is 5.91 Å². The Morgan fingerprint density at radius 2 is 1.95 bits per heavy atom. The van der Waals surface area contributed by atoms with Gasteiger partial charge in [0, 0.05) is 24.6 Å². The molecule has 0 aliphatic rings. The standard InChI is InChI=1S/C17H15N3O2/c21-16(20-14-7-4-10-18-11-14)8-9-17-19-12-15(22-17)13-5-2-1-3-6-13/h1-7,10-12H,8-9H2,(H,20,21). The SMILES string of the molecule is O=C(CCc1ncc(-c2ccccc2)o1)Nc1cccnc1. The first kappa shape index (κ1) is 14.0. The Labute approximate surface area is 128 Å². The van der Waals surface area contributed by atoms with Crippen LogP contribution in [-0.2, 0) is 11.2 Å². The van der Waals surface area contributed by atoms with Crippen LogP contribution in [0.4, 0.5) is 5.69 Å². The Hall–Kier alpha value is -2.95. The van der Waals surface area contributed by atoms with Crippen LogP contribution in [0.5, 0.6) is 0 Å². The van der Waals surface area contributed by atoms with Gasteiger partial charge in [-0.15, -0.1) is 0 Å². The predicted octanol–water partition coefficient (Wildman–Crippen LogP) is 3.31. The molecule has 0 atom stereocenters. The largest absolute Gasteiger partial charge is 0.441 e. The third kappa shape index (κ3) is 3.58. The lowest BCUT2D eigenvalue weighted by Gasteiger charge is -2.02. The lowest BCUT2D eigenvalue weighted by Crippen LogP contribution is -2.12. The van der Waals surface area contributed by atoms with Gasteiger partial charge >= 0.3 is 0 Å². The molecule has 22 heavy (non-hydrogen) atoms. The monoisotopic (exact) mass is 293 g/mol. The molecule has 0 bridgehead atoms. The smallest absolute Gasteiger partial charge is 0.224 e. The summed E-state index contributed by atoms with van der Waals surface area (Å²) in [6.45, 7) is 0. The average Bonchev–Trinajstić information content (AvgIpc) is 3.04. The van der Waals surface area contributed by atoms with Crippen LogP contribution < -0.4 is 5.32 Å². The second-order valence-electron chi connectivity index (χ2n) is 4.77. The molecule has 0 spiro atoms. The van der Waals surface area contributed by atoms with Crippen molar-refractivity contribution < 1.29 is 9.21 Å². The van der Waals surface area contributed by atoms with Crippen molar-refractivity contribution in [3.05, 3.63) is 66.9 Å². The molecular weight excluding hydrogens is 278 g/mol. The van der Waals surface area contributed by atoms with Gasteiger partial charge in [0.05, 0.1) is 18.1 Å². The molecule has 0 radical (unpaired) electrons. The van der Waals surface area contributed by atoms with Crippen LogP contribution in [0.15, 0.2) is 65.5 Å². The topological polar surface area (TPSA) is 68.0 Å². The van der Waals surface area contributed by atoms with Crippen molar-refractivity contribution >= 4 is 11.6 Å². The Balaban J connectivity index is 1.56. The summed E-state index contributed by atoms with van der Waals surface area (Å²) >= 11 is 0. The summed E-state index contributed by atoms with van der Waals surface area (Å²) in [5, 5.41) is 2.78. The molecule has 5 nitrogen and oxygen atoms in total. The van der Waals surface area contributed by atoms with Gasteiger partial charge in [-0.2, -0.15) is 0 Å². The number of nitrogens with one attached hydrogen (secondary N) is 1. The molecule has 1 aromatic carbocycles. The van der Waals surface area contributed by atoms with E-state index in [2.05, 4.69) is 15.3 Å². The van der Waals surface area contributed by atoms with Crippen molar-refractivity contribution in [3.63, 3.8) is 0 Å². The second-order valence-corrected chi connectivity index (χ2v) is 4.77. The number of hydrogen-bond acceptors (Lipinski definition) is 4. The van der Waals surface area contributed by atoms with Crippen molar-refractivity contribution in [2.45, 2.75) is 12.8 Å². The number of carbonyl (C=O) groups excluding carboxylic acids is 1. The molecule has 2 aromatic heterocycles. The van der Waals surface area contributed by atoms with E-state index in [1.54, 1.807) is 30.7 Å². The lowest BCUT2D eigenvalue weighted by atomic mass is 10.2. The molecule has 5 heteroatoms. The van der Waals surface area contributed by atoms with Crippen LogP contribution in [0.2, 0.25) is 0 Å². The van der Waals surface area contributed by atoms with Crippen LogP contribution in [-0.4, -0.2) is 15.9 Å². The number of oxazole rings is 1. The molecule has 1 amide bonds. The molecule has 0 saturated heterocycles. The number of nitrogens with zero attached hydrogens (tertiary/aromatic N) is 2. The van der Waals surface area contributed by atoms with Gasteiger partial charge in [-0.25, -0.2) is 4.98 Å². The van der Waals surface area contributed by atoms with Crippen molar-refractivity contribution in [2.75, 3.05) is 5.32 Å². The number of pyridine rings is 1. The first-order valence-corrected chi connectivity index (χ1v) is 7.01. The van der Waals surface area contributed by atoms with Crippen molar-refractivity contribution in [3.8, 4) is 11.3 Å². The van der Waals surface area contributed by atoms with Crippen LogP contribution in [0.3, 0.4) is 0 Å². The summed E-state index contributed by atoms with van der Waals surface area (Å²) < 4.78 is 5.67. The highest BCUT2D eigenvalue weighted by Crippen LogP contribution is 2.20. The summed E-state index contributed by atoms with van der Waals surface area (Å²) in [5.41, 5.74) is 1.66. The van der Waals surface area contributed by atoms with E-state index in [1.807, 2.05) is 30.3 Å². The van der Waals surface area contributed by atoms with Gasteiger partial charge in [0.25, 0.3) is 0 Å². The molecule has 1 N–H and O–H groups in total. The van der Waals surface area contributed by atoms with Crippen LogP contribution in [0.1, 0.15) is 12.3 Å². The molecule has 0 unspecified atom stereocenters. The first-order chi connectivity index (χ1) is 10.8. The Morgan fingerprint density at radius 3 is 2.73 bits per heavy atom. The van der Waals surface area contributed by atoms with E-state index in [1.165, 1.54) is 0 Å². The van der Waals surface area contributed by atoms with Gasteiger partial charge in [-0.1, -0.05) is 30.3 Å². The van der Waals surface area contributed by atoms with Crippen LogP contribution in [0.25, 0.3) is 11.3 Å². The zero-order valence-corrected chi connectivity index (χ0v) is 11.9. The summed E-state index contributed by atoms with van der Waals surface area (Å²) in [7, 11) is 0. The van der Waals surface area contributed by atoms with Crippen LogP contribution in [0, 0.1) is 0 Å². The van der Waals surface area contributed by atoms with Gasteiger partial charge in [-0.3, -0.25) is 9.78 Å². The summed E-state index contributed by atoms with van der Waals surface area (Å²) in [5.74, 6) is 1.18. The number of anilines is 1. The second kappa shape index (κ2) is 6.67. The van der Waals surface area contributed by atoms with Crippen molar-refractivity contribution in [1.82, 2.24) is 9.97 Å². The van der Waals surface area contributed by atoms with Crippen LogP contribution >= 0.6 is 0 Å². The predicted molar refractivity (Wildman–Crippen MR) is 83.1 cm³/mol. The fourth-order valence-corrected chi connectivity index (χ4v) is 2.04. The molecule has 110 valence electrons. The molecule has 0 fully saturated rings. The zero-order valence-electron chi connectivity index (χ0n) is 11.9. The van der Waals surface area contributed by atoms with Gasteiger partial charge in [-0.05, 0) is 12.1 Å². The lowest BCUT2D eigenvalue weighted by molar-refractivity contribution is -0.116. The summed E-state index contributed by atoms with van der Waals surface area (Å²) in [4.78, 5) is 20.0. The molecule has 3 rings (SSSR count). The van der Waals surface area contributed by atoms with Gasteiger partial charge < -0.3 is 9.73 Å².